The van der Waals surface area contributed by atoms with Crippen molar-refractivity contribution >= 4 is 17.8 Å². The van der Waals surface area contributed by atoms with E-state index < -0.39 is 41.1 Å². The molecule has 2 bridgehead atoms. The summed E-state index contributed by atoms with van der Waals surface area (Å²) in [5, 5.41) is 12.8. The molecule has 0 aromatic heterocycles. The molecule has 0 aromatic carbocycles. The van der Waals surface area contributed by atoms with Gasteiger partial charge in [0, 0.05) is 26.2 Å². The number of hydrogen-bond acceptors (Lipinski definition) is 8. The van der Waals surface area contributed by atoms with Crippen LogP contribution in [0.4, 0.5) is 0 Å². The van der Waals surface area contributed by atoms with Gasteiger partial charge < -0.3 is 29.5 Å². The van der Waals surface area contributed by atoms with Gasteiger partial charge in [0.25, 0.3) is 0 Å². The molecule has 4 rings (SSSR count). The molecular weight excluding hydrogens is 418 g/mol. The van der Waals surface area contributed by atoms with E-state index in [1.807, 2.05) is 6.92 Å². The van der Waals surface area contributed by atoms with Gasteiger partial charge in [-0.25, -0.2) is 0 Å². The van der Waals surface area contributed by atoms with Crippen LogP contribution in [0.2, 0.25) is 0 Å². The lowest BCUT2D eigenvalue weighted by molar-refractivity contribution is -0.160. The average molecular weight is 454 g/mol. The molecule has 4 aliphatic heterocycles. The van der Waals surface area contributed by atoms with Gasteiger partial charge in [0.15, 0.2) is 0 Å². The van der Waals surface area contributed by atoms with Crippen LogP contribution >= 0.6 is 0 Å². The van der Waals surface area contributed by atoms with Crippen molar-refractivity contribution in [3.63, 3.8) is 0 Å². The number of morpholine rings is 1. The number of nitrogens with one attached hydrogen (secondary N) is 1. The summed E-state index contributed by atoms with van der Waals surface area (Å²) in [6.45, 7) is 9.31. The first-order valence-corrected chi connectivity index (χ1v) is 11.7. The number of likely N-dealkylation sites (tertiary alicyclic amines) is 1. The highest BCUT2D eigenvalue weighted by atomic mass is 16.6. The highest BCUT2D eigenvalue weighted by molar-refractivity contribution is 5.98. The number of aliphatic hydroxyl groups is 1. The average Bonchev–Trinajstić information content (AvgIpc) is 3.35. The number of nitrogens with zero attached hydrogens (tertiary/aromatic N) is 2. The number of carbonyl (C=O) groups excluding carboxylic acids is 3. The lowest BCUT2D eigenvalue weighted by Gasteiger charge is -2.36. The zero-order chi connectivity index (χ0) is 23.1. The molecule has 10 nitrogen and oxygen atoms in total. The van der Waals surface area contributed by atoms with Crippen LogP contribution in [-0.4, -0.2) is 109 Å². The van der Waals surface area contributed by atoms with E-state index >= 15 is 0 Å². The van der Waals surface area contributed by atoms with E-state index in [4.69, 9.17) is 14.2 Å². The monoisotopic (exact) mass is 453 g/mol. The van der Waals surface area contributed by atoms with Crippen LogP contribution in [0.3, 0.4) is 0 Å². The fourth-order valence-electron chi connectivity index (χ4n) is 6.07. The summed E-state index contributed by atoms with van der Waals surface area (Å²) in [5.74, 6) is -2.63. The molecule has 2 unspecified atom stereocenters. The number of amides is 2. The third-order valence-electron chi connectivity index (χ3n) is 7.57. The largest absolute Gasteiger partial charge is 0.466 e. The molecule has 32 heavy (non-hydrogen) atoms. The van der Waals surface area contributed by atoms with Crippen LogP contribution in [0.1, 0.15) is 33.6 Å². The van der Waals surface area contributed by atoms with Crippen molar-refractivity contribution in [1.29, 1.82) is 0 Å². The second kappa shape index (κ2) is 8.89. The second-order valence-electron chi connectivity index (χ2n) is 9.50. The Balaban J connectivity index is 1.58. The van der Waals surface area contributed by atoms with Gasteiger partial charge in [0.05, 0.1) is 44.0 Å². The predicted molar refractivity (Wildman–Crippen MR) is 113 cm³/mol. The van der Waals surface area contributed by atoms with Crippen LogP contribution in [0.25, 0.3) is 0 Å². The Kier molecular flexibility index (Phi) is 6.50. The summed E-state index contributed by atoms with van der Waals surface area (Å²) in [6, 6.07) is -1.47. The molecule has 4 aliphatic rings. The van der Waals surface area contributed by atoms with E-state index in [9.17, 15) is 19.5 Å². The Hall–Kier alpha value is -1.75. The van der Waals surface area contributed by atoms with Crippen LogP contribution < -0.4 is 5.32 Å². The topological polar surface area (TPSA) is 118 Å². The van der Waals surface area contributed by atoms with Crippen molar-refractivity contribution in [2.75, 3.05) is 52.6 Å². The van der Waals surface area contributed by atoms with E-state index in [-0.39, 0.29) is 25.0 Å². The van der Waals surface area contributed by atoms with Crippen molar-refractivity contribution < 1.29 is 33.7 Å². The molecule has 0 aromatic rings. The highest BCUT2D eigenvalue weighted by Gasteiger charge is 2.78. The number of rotatable bonds is 8. The van der Waals surface area contributed by atoms with Gasteiger partial charge in [-0.3, -0.25) is 19.3 Å². The van der Waals surface area contributed by atoms with Crippen LogP contribution in [0.5, 0.6) is 0 Å². The van der Waals surface area contributed by atoms with Gasteiger partial charge in [-0.2, -0.15) is 0 Å². The van der Waals surface area contributed by atoms with Crippen LogP contribution in [-0.2, 0) is 28.6 Å². The van der Waals surface area contributed by atoms with E-state index in [1.54, 1.807) is 13.8 Å². The maximum atomic E-state index is 13.6. The van der Waals surface area contributed by atoms with Gasteiger partial charge in [0.1, 0.15) is 17.6 Å². The molecule has 4 fully saturated rings. The number of fused-ring (bicyclic) bond motifs is 1. The Morgan fingerprint density at radius 2 is 2.03 bits per heavy atom. The number of hydrogen-bond donors (Lipinski definition) is 2. The Morgan fingerprint density at radius 3 is 2.69 bits per heavy atom. The van der Waals surface area contributed by atoms with Gasteiger partial charge >= 0.3 is 5.97 Å². The molecule has 6 atom stereocenters. The van der Waals surface area contributed by atoms with Gasteiger partial charge in [-0.1, -0.05) is 0 Å². The lowest BCUT2D eigenvalue weighted by Crippen LogP contribution is -2.58. The molecule has 2 N–H and O–H groups in total. The van der Waals surface area contributed by atoms with Crippen LogP contribution in [0.15, 0.2) is 0 Å². The molecule has 180 valence electrons. The van der Waals surface area contributed by atoms with Crippen molar-refractivity contribution in [2.24, 2.45) is 11.8 Å². The molecule has 0 saturated carbocycles. The second-order valence-corrected chi connectivity index (χ2v) is 9.50. The standard InChI is InChI=1S/C22H35N3O7/c1-4-31-20(29)16-15-19(28)25(14(2)13-26)17(22(15)6-5-21(16,3)32-22)18(27)23-7-8-24-9-11-30-12-10-24/h14-17,26H,4-13H2,1-3H3,(H,23,27)/t14-,15+,16+,17?,21-,22?/m1/s1. The van der Waals surface area contributed by atoms with E-state index in [1.165, 1.54) is 4.90 Å². The number of ether oxygens (including phenoxy) is 3. The normalized spacial score (nSPS) is 37.4. The lowest BCUT2D eigenvalue weighted by atomic mass is 9.66. The summed E-state index contributed by atoms with van der Waals surface area (Å²) in [4.78, 5) is 43.6. The minimum Gasteiger partial charge on any atom is -0.466 e. The smallest absolute Gasteiger partial charge is 0.312 e. The van der Waals surface area contributed by atoms with E-state index in [0.29, 0.717) is 39.1 Å². The fourth-order valence-corrected chi connectivity index (χ4v) is 6.07. The van der Waals surface area contributed by atoms with Gasteiger partial charge in [-0.15, -0.1) is 0 Å². The fraction of sp³-hybridized carbons (Fsp3) is 0.864. The van der Waals surface area contributed by atoms with Crippen molar-refractivity contribution in [3.8, 4) is 0 Å². The minimum absolute atomic E-state index is 0.210. The van der Waals surface area contributed by atoms with Gasteiger partial charge in [0.2, 0.25) is 11.8 Å². The van der Waals surface area contributed by atoms with Crippen molar-refractivity contribution in [2.45, 2.75) is 56.9 Å². The summed E-state index contributed by atoms with van der Waals surface area (Å²) >= 11 is 0. The van der Waals surface area contributed by atoms with E-state index in [2.05, 4.69) is 10.2 Å². The summed E-state index contributed by atoms with van der Waals surface area (Å²) in [6.07, 6.45) is 1.07. The number of esters is 1. The first kappa shape index (κ1) is 23.4. The molecular formula is C22H35N3O7. The third-order valence-corrected chi connectivity index (χ3v) is 7.57. The SMILES string of the molecule is CCOC(=O)[C@@H]1[C@H]2C(=O)N([C@H](C)CO)C(C(=O)NCCN3CCOCC3)C23CC[C@@]1(C)O3. The summed E-state index contributed by atoms with van der Waals surface area (Å²) < 4.78 is 17.1. The quantitative estimate of drug-likeness (QED) is 0.456. The molecule has 1 spiro atoms. The predicted octanol–water partition coefficient (Wildman–Crippen LogP) is -0.857. The first-order valence-electron chi connectivity index (χ1n) is 11.7. The Labute approximate surface area is 188 Å². The Bertz CT molecular complexity index is 758. The summed E-state index contributed by atoms with van der Waals surface area (Å²) in [5.41, 5.74) is -1.93. The van der Waals surface area contributed by atoms with Crippen molar-refractivity contribution in [1.82, 2.24) is 15.1 Å². The molecule has 10 heteroatoms. The molecule has 0 aliphatic carbocycles. The zero-order valence-electron chi connectivity index (χ0n) is 19.2. The molecule has 4 saturated heterocycles. The highest BCUT2D eigenvalue weighted by Crippen LogP contribution is 2.63. The summed E-state index contributed by atoms with van der Waals surface area (Å²) in [7, 11) is 0. The third kappa shape index (κ3) is 3.61. The Morgan fingerprint density at radius 1 is 1.31 bits per heavy atom. The molecule has 2 amide bonds. The number of carbonyl (C=O) groups is 3. The maximum absolute atomic E-state index is 13.6. The van der Waals surface area contributed by atoms with Gasteiger partial charge in [-0.05, 0) is 33.6 Å². The van der Waals surface area contributed by atoms with Crippen molar-refractivity contribution in [3.05, 3.63) is 0 Å². The number of aliphatic hydroxyl groups excluding tert-OH is 1. The maximum Gasteiger partial charge on any atom is 0.312 e. The van der Waals surface area contributed by atoms with E-state index in [0.717, 1.165) is 13.1 Å². The minimum atomic E-state index is -1.09. The first-order chi connectivity index (χ1) is 15.3. The molecule has 0 radical (unpaired) electrons. The zero-order valence-corrected chi connectivity index (χ0v) is 19.2. The molecule has 4 heterocycles. The van der Waals surface area contributed by atoms with Crippen LogP contribution in [0, 0.1) is 11.8 Å².